The molecule has 0 aromatic heterocycles. The van der Waals surface area contributed by atoms with Crippen molar-refractivity contribution in [2.24, 2.45) is 0 Å². The van der Waals surface area contributed by atoms with Gasteiger partial charge >= 0.3 is 0 Å². The molecule has 28 heavy (non-hydrogen) atoms. The van der Waals surface area contributed by atoms with Crippen molar-refractivity contribution in [2.45, 2.75) is 19.4 Å². The summed E-state index contributed by atoms with van der Waals surface area (Å²) in [5.41, 5.74) is 0.676. The third-order valence-corrected chi connectivity index (χ3v) is 5.36. The highest BCUT2D eigenvalue weighted by Gasteiger charge is 2.35. The first-order valence-corrected chi connectivity index (χ1v) is 9.93. The normalized spacial score (nSPS) is 21.2. The van der Waals surface area contributed by atoms with Crippen LogP contribution in [0.4, 0.5) is 5.69 Å². The summed E-state index contributed by atoms with van der Waals surface area (Å²) in [6.07, 6.45) is -0.0456. The molecule has 0 aliphatic carbocycles. The summed E-state index contributed by atoms with van der Waals surface area (Å²) in [4.78, 5) is 43.7. The van der Waals surface area contributed by atoms with Crippen LogP contribution in [0.25, 0.3) is 0 Å². The maximum atomic E-state index is 12.9. The molecule has 0 bridgehead atoms. The Labute approximate surface area is 165 Å². The van der Waals surface area contributed by atoms with Gasteiger partial charge in [-0.05, 0) is 18.7 Å². The summed E-state index contributed by atoms with van der Waals surface area (Å²) in [5, 5.41) is 5.56. The Hall–Kier alpha value is -2.45. The Morgan fingerprint density at radius 3 is 2.43 bits per heavy atom. The molecular formula is C20H29N5O3. The van der Waals surface area contributed by atoms with E-state index in [0.717, 1.165) is 32.7 Å². The number of carbonyl (C=O) groups excluding carboxylic acids is 3. The molecule has 3 rings (SSSR count). The quantitative estimate of drug-likeness (QED) is 0.717. The largest absolute Gasteiger partial charge is 0.353 e. The molecule has 2 fully saturated rings. The summed E-state index contributed by atoms with van der Waals surface area (Å²) in [5.74, 6) is -0.626. The predicted molar refractivity (Wildman–Crippen MR) is 107 cm³/mol. The molecule has 1 aromatic carbocycles. The number of rotatable bonds is 6. The molecule has 0 spiro atoms. The molecule has 2 heterocycles. The molecule has 2 saturated heterocycles. The molecule has 152 valence electrons. The first-order valence-electron chi connectivity index (χ1n) is 9.93. The van der Waals surface area contributed by atoms with Crippen molar-refractivity contribution in [3.63, 3.8) is 0 Å². The van der Waals surface area contributed by atoms with E-state index in [1.54, 1.807) is 17.0 Å². The average molecular weight is 387 g/mol. The molecule has 0 radical (unpaired) electrons. The van der Waals surface area contributed by atoms with Crippen molar-refractivity contribution in [2.75, 3.05) is 57.7 Å². The van der Waals surface area contributed by atoms with E-state index in [2.05, 4.69) is 27.4 Å². The number of para-hydroxylation sites is 1. The highest BCUT2D eigenvalue weighted by Crippen LogP contribution is 2.13. The lowest BCUT2D eigenvalue weighted by Gasteiger charge is -2.38. The average Bonchev–Trinajstić information content (AvgIpc) is 2.70. The van der Waals surface area contributed by atoms with Gasteiger partial charge in [0.1, 0.15) is 6.04 Å². The van der Waals surface area contributed by atoms with Gasteiger partial charge in [0.15, 0.2) is 0 Å². The number of benzene rings is 1. The van der Waals surface area contributed by atoms with Gasteiger partial charge in [0.05, 0.1) is 13.0 Å². The number of nitrogens with zero attached hydrogens (tertiary/aromatic N) is 3. The van der Waals surface area contributed by atoms with Crippen molar-refractivity contribution in [3.05, 3.63) is 30.3 Å². The fraction of sp³-hybridized carbons (Fsp3) is 0.550. The molecule has 1 atom stereocenters. The second-order valence-corrected chi connectivity index (χ2v) is 7.22. The Bertz CT molecular complexity index is 688. The van der Waals surface area contributed by atoms with E-state index in [1.165, 1.54) is 0 Å². The number of hydrogen-bond acceptors (Lipinski definition) is 5. The smallest absolute Gasteiger partial charge is 0.243 e. The van der Waals surface area contributed by atoms with Gasteiger partial charge in [-0.2, -0.15) is 0 Å². The molecule has 1 aromatic rings. The SMILES string of the molecule is CCN1CCN(CC(=O)N2CCNC(=O)[C@H]2CC(=O)Nc2ccccc2)CC1. The van der Waals surface area contributed by atoms with E-state index in [1.807, 2.05) is 18.2 Å². The number of piperazine rings is 2. The van der Waals surface area contributed by atoms with Crippen LogP contribution < -0.4 is 10.6 Å². The molecule has 8 heteroatoms. The van der Waals surface area contributed by atoms with E-state index < -0.39 is 6.04 Å². The standard InChI is InChI=1S/C20H29N5O3/c1-2-23-10-12-24(13-11-23)15-19(27)25-9-8-21-20(28)17(25)14-18(26)22-16-6-4-3-5-7-16/h3-7,17H,2,8-15H2,1H3,(H,21,28)(H,22,26)/t17-/m1/s1. The van der Waals surface area contributed by atoms with Gasteiger partial charge in [-0.3, -0.25) is 19.3 Å². The Balaban J connectivity index is 1.57. The minimum atomic E-state index is -0.762. The third-order valence-electron chi connectivity index (χ3n) is 5.36. The molecule has 0 unspecified atom stereocenters. The first-order chi connectivity index (χ1) is 13.6. The zero-order chi connectivity index (χ0) is 19.9. The fourth-order valence-corrected chi connectivity index (χ4v) is 3.67. The predicted octanol–water partition coefficient (Wildman–Crippen LogP) is -0.0203. The summed E-state index contributed by atoms with van der Waals surface area (Å²) in [6.45, 7) is 7.90. The maximum Gasteiger partial charge on any atom is 0.243 e. The number of hydrogen-bond donors (Lipinski definition) is 2. The Morgan fingerprint density at radius 1 is 1.07 bits per heavy atom. The van der Waals surface area contributed by atoms with Crippen LogP contribution in [0.15, 0.2) is 30.3 Å². The number of carbonyl (C=O) groups is 3. The van der Waals surface area contributed by atoms with Crippen LogP contribution >= 0.6 is 0 Å². The van der Waals surface area contributed by atoms with Gasteiger partial charge in [-0.25, -0.2) is 0 Å². The monoisotopic (exact) mass is 387 g/mol. The van der Waals surface area contributed by atoms with Crippen molar-refractivity contribution in [1.29, 1.82) is 0 Å². The number of likely N-dealkylation sites (N-methyl/N-ethyl adjacent to an activating group) is 1. The zero-order valence-electron chi connectivity index (χ0n) is 16.4. The maximum absolute atomic E-state index is 12.9. The molecule has 2 aliphatic heterocycles. The Kier molecular flexibility index (Phi) is 7.00. The zero-order valence-corrected chi connectivity index (χ0v) is 16.4. The summed E-state index contributed by atoms with van der Waals surface area (Å²) >= 11 is 0. The summed E-state index contributed by atoms with van der Waals surface area (Å²) in [6, 6.07) is 8.34. The van der Waals surface area contributed by atoms with Crippen molar-refractivity contribution < 1.29 is 14.4 Å². The lowest BCUT2D eigenvalue weighted by Crippen LogP contribution is -2.60. The summed E-state index contributed by atoms with van der Waals surface area (Å²) < 4.78 is 0. The lowest BCUT2D eigenvalue weighted by molar-refractivity contribution is -0.145. The lowest BCUT2D eigenvalue weighted by atomic mass is 10.1. The minimum absolute atomic E-state index is 0.0456. The van der Waals surface area contributed by atoms with Gasteiger partial charge in [0, 0.05) is 45.0 Å². The van der Waals surface area contributed by atoms with Crippen molar-refractivity contribution in [3.8, 4) is 0 Å². The molecule has 8 nitrogen and oxygen atoms in total. The van der Waals surface area contributed by atoms with Crippen LogP contribution in [0, 0.1) is 0 Å². The number of anilines is 1. The van der Waals surface area contributed by atoms with Gasteiger partial charge < -0.3 is 20.4 Å². The van der Waals surface area contributed by atoms with Gasteiger partial charge in [-0.1, -0.05) is 25.1 Å². The third kappa shape index (κ3) is 5.30. The molecular weight excluding hydrogens is 358 g/mol. The first kappa shape index (κ1) is 20.3. The number of amides is 3. The van der Waals surface area contributed by atoms with Crippen molar-refractivity contribution in [1.82, 2.24) is 20.0 Å². The Morgan fingerprint density at radius 2 is 1.75 bits per heavy atom. The number of nitrogens with one attached hydrogen (secondary N) is 2. The van der Waals surface area contributed by atoms with Gasteiger partial charge in [0.2, 0.25) is 17.7 Å². The van der Waals surface area contributed by atoms with E-state index in [-0.39, 0.29) is 24.1 Å². The van der Waals surface area contributed by atoms with Crippen molar-refractivity contribution >= 4 is 23.4 Å². The highest BCUT2D eigenvalue weighted by molar-refractivity contribution is 5.97. The van der Waals surface area contributed by atoms with Crippen LogP contribution in [0.1, 0.15) is 13.3 Å². The van der Waals surface area contributed by atoms with Gasteiger partial charge in [0.25, 0.3) is 0 Å². The molecule has 2 aliphatic rings. The molecule has 2 N–H and O–H groups in total. The second-order valence-electron chi connectivity index (χ2n) is 7.22. The van der Waals surface area contributed by atoms with Crippen LogP contribution in [0.2, 0.25) is 0 Å². The van der Waals surface area contributed by atoms with E-state index >= 15 is 0 Å². The van der Waals surface area contributed by atoms with Crippen LogP contribution in [-0.2, 0) is 14.4 Å². The molecule has 3 amide bonds. The van der Waals surface area contributed by atoms with E-state index in [4.69, 9.17) is 0 Å². The van der Waals surface area contributed by atoms with Crippen LogP contribution in [0.5, 0.6) is 0 Å². The second kappa shape index (κ2) is 9.66. The highest BCUT2D eigenvalue weighted by atomic mass is 16.2. The van der Waals surface area contributed by atoms with Crippen LogP contribution in [-0.4, -0.2) is 90.8 Å². The van der Waals surface area contributed by atoms with E-state index in [0.29, 0.717) is 25.3 Å². The summed E-state index contributed by atoms with van der Waals surface area (Å²) in [7, 11) is 0. The topological polar surface area (TPSA) is 85.0 Å². The van der Waals surface area contributed by atoms with Gasteiger partial charge in [-0.15, -0.1) is 0 Å². The van der Waals surface area contributed by atoms with Crippen LogP contribution in [0.3, 0.4) is 0 Å². The van der Waals surface area contributed by atoms with E-state index in [9.17, 15) is 14.4 Å². The molecule has 0 saturated carbocycles. The fourth-order valence-electron chi connectivity index (χ4n) is 3.67. The minimum Gasteiger partial charge on any atom is -0.353 e.